The van der Waals surface area contributed by atoms with Gasteiger partial charge in [-0.3, -0.25) is 4.79 Å². The number of likely N-dealkylation sites (tertiary alicyclic amines) is 1. The van der Waals surface area contributed by atoms with Gasteiger partial charge >= 0.3 is 0 Å². The minimum absolute atomic E-state index is 0. The van der Waals surface area contributed by atoms with Gasteiger partial charge in [-0.1, -0.05) is 31.4 Å². The molecule has 21 heavy (non-hydrogen) atoms. The van der Waals surface area contributed by atoms with E-state index < -0.39 is 0 Å². The second-order valence-electron chi connectivity index (χ2n) is 6.44. The average Bonchev–Trinajstić information content (AvgIpc) is 2.49. The Balaban J connectivity index is 0.00000161. The van der Waals surface area contributed by atoms with Crippen molar-refractivity contribution in [2.45, 2.75) is 44.9 Å². The minimum atomic E-state index is 0. The molecule has 2 fully saturated rings. The standard InChI is InChI=1S/C17H24N2O.ClH/c18-15-7-3-2-6-14(15)16(20)19-12-10-17(11-13-19)8-4-1-5-9-17;/h2-3,6-7H,1,4-5,8-13,18H2;1H. The Bertz CT molecular complexity index is 487. The summed E-state index contributed by atoms with van der Waals surface area (Å²) in [5, 5.41) is 0. The number of benzene rings is 1. The zero-order valence-electron chi connectivity index (χ0n) is 12.5. The molecule has 3 nitrogen and oxygen atoms in total. The van der Waals surface area contributed by atoms with E-state index in [0.717, 1.165) is 13.1 Å². The lowest BCUT2D eigenvalue weighted by atomic mass is 9.68. The topological polar surface area (TPSA) is 46.3 Å². The predicted molar refractivity (Wildman–Crippen MR) is 88.8 cm³/mol. The number of para-hydroxylation sites is 1. The lowest BCUT2D eigenvalue weighted by Crippen LogP contribution is -2.44. The molecule has 0 aromatic heterocycles. The van der Waals surface area contributed by atoms with Crippen molar-refractivity contribution in [3.05, 3.63) is 29.8 Å². The molecule has 1 saturated carbocycles. The van der Waals surface area contributed by atoms with Crippen molar-refractivity contribution in [2.75, 3.05) is 18.8 Å². The predicted octanol–water partition coefficient (Wildman–Crippen LogP) is 3.88. The van der Waals surface area contributed by atoms with Gasteiger partial charge in [-0.15, -0.1) is 12.4 Å². The van der Waals surface area contributed by atoms with Gasteiger partial charge in [0.15, 0.2) is 0 Å². The van der Waals surface area contributed by atoms with Crippen molar-refractivity contribution in [3.8, 4) is 0 Å². The van der Waals surface area contributed by atoms with Crippen LogP contribution in [0.5, 0.6) is 0 Å². The molecule has 1 amide bonds. The molecular formula is C17H25ClN2O. The van der Waals surface area contributed by atoms with E-state index in [-0.39, 0.29) is 18.3 Å². The summed E-state index contributed by atoms with van der Waals surface area (Å²) >= 11 is 0. The van der Waals surface area contributed by atoms with E-state index in [1.165, 1.54) is 44.9 Å². The number of rotatable bonds is 1. The monoisotopic (exact) mass is 308 g/mol. The summed E-state index contributed by atoms with van der Waals surface area (Å²) in [6.45, 7) is 1.79. The molecule has 2 N–H and O–H groups in total. The molecule has 0 bridgehead atoms. The van der Waals surface area contributed by atoms with Crippen molar-refractivity contribution in [2.24, 2.45) is 5.41 Å². The Kier molecular flexibility index (Phi) is 5.15. The highest BCUT2D eigenvalue weighted by molar-refractivity contribution is 5.99. The first-order valence-electron chi connectivity index (χ1n) is 7.84. The first-order valence-corrected chi connectivity index (χ1v) is 7.84. The number of nitrogens with zero attached hydrogens (tertiary/aromatic N) is 1. The highest BCUT2D eigenvalue weighted by atomic mass is 35.5. The van der Waals surface area contributed by atoms with Crippen molar-refractivity contribution >= 4 is 24.0 Å². The fraction of sp³-hybridized carbons (Fsp3) is 0.588. The van der Waals surface area contributed by atoms with Crippen LogP contribution in [0.3, 0.4) is 0 Å². The van der Waals surface area contributed by atoms with Crippen LogP contribution in [0.15, 0.2) is 24.3 Å². The van der Waals surface area contributed by atoms with Gasteiger partial charge in [0.2, 0.25) is 0 Å². The summed E-state index contributed by atoms with van der Waals surface area (Å²) < 4.78 is 0. The molecule has 1 saturated heterocycles. The van der Waals surface area contributed by atoms with Crippen LogP contribution in [0.25, 0.3) is 0 Å². The van der Waals surface area contributed by atoms with Gasteiger partial charge in [-0.25, -0.2) is 0 Å². The Hall–Kier alpha value is -1.22. The van der Waals surface area contributed by atoms with Crippen molar-refractivity contribution in [1.29, 1.82) is 0 Å². The number of piperidine rings is 1. The Morgan fingerprint density at radius 3 is 2.24 bits per heavy atom. The van der Waals surface area contributed by atoms with Crippen molar-refractivity contribution in [1.82, 2.24) is 4.90 Å². The summed E-state index contributed by atoms with van der Waals surface area (Å²) in [6.07, 6.45) is 9.21. The number of carbonyl (C=O) groups excluding carboxylic acids is 1. The van der Waals surface area contributed by atoms with E-state index in [0.29, 0.717) is 16.7 Å². The maximum absolute atomic E-state index is 12.5. The van der Waals surface area contributed by atoms with Crippen LogP contribution in [0.2, 0.25) is 0 Å². The molecule has 1 heterocycles. The number of amides is 1. The normalized spacial score (nSPS) is 20.9. The SMILES string of the molecule is Cl.Nc1ccccc1C(=O)N1CCC2(CCCCC2)CC1. The van der Waals surface area contributed by atoms with Gasteiger partial charge < -0.3 is 10.6 Å². The van der Waals surface area contributed by atoms with Crippen LogP contribution in [-0.4, -0.2) is 23.9 Å². The van der Waals surface area contributed by atoms with Gasteiger partial charge in [0.25, 0.3) is 5.91 Å². The average molecular weight is 309 g/mol. The zero-order valence-corrected chi connectivity index (χ0v) is 13.3. The van der Waals surface area contributed by atoms with E-state index in [1.807, 2.05) is 23.1 Å². The number of hydrogen-bond acceptors (Lipinski definition) is 2. The number of nitrogens with two attached hydrogens (primary N) is 1. The van der Waals surface area contributed by atoms with E-state index in [2.05, 4.69) is 0 Å². The number of carbonyl (C=O) groups is 1. The van der Waals surface area contributed by atoms with E-state index in [4.69, 9.17) is 5.73 Å². The van der Waals surface area contributed by atoms with Crippen LogP contribution in [0, 0.1) is 5.41 Å². The molecule has 1 aromatic rings. The van der Waals surface area contributed by atoms with Crippen molar-refractivity contribution in [3.63, 3.8) is 0 Å². The van der Waals surface area contributed by atoms with E-state index >= 15 is 0 Å². The van der Waals surface area contributed by atoms with Crippen molar-refractivity contribution < 1.29 is 4.79 Å². The van der Waals surface area contributed by atoms with Gasteiger partial charge in [-0.2, -0.15) is 0 Å². The lowest BCUT2D eigenvalue weighted by Gasteiger charge is -2.44. The van der Waals surface area contributed by atoms with E-state index in [9.17, 15) is 4.79 Å². The van der Waals surface area contributed by atoms with Gasteiger partial charge in [0.05, 0.1) is 5.56 Å². The molecule has 116 valence electrons. The quantitative estimate of drug-likeness (QED) is 0.800. The number of halogens is 1. The smallest absolute Gasteiger partial charge is 0.255 e. The molecule has 1 aliphatic heterocycles. The Labute approximate surface area is 133 Å². The molecule has 0 radical (unpaired) electrons. The summed E-state index contributed by atoms with van der Waals surface area (Å²) in [4.78, 5) is 14.5. The number of hydrogen-bond donors (Lipinski definition) is 1. The second-order valence-corrected chi connectivity index (χ2v) is 6.44. The molecule has 3 rings (SSSR count). The molecule has 1 aromatic carbocycles. The molecule has 0 unspecified atom stereocenters. The third-order valence-corrected chi connectivity index (χ3v) is 5.22. The zero-order chi connectivity index (χ0) is 14.0. The van der Waals surface area contributed by atoms with Crippen LogP contribution < -0.4 is 5.73 Å². The number of anilines is 1. The largest absolute Gasteiger partial charge is 0.398 e. The van der Waals surface area contributed by atoms with Crippen LogP contribution >= 0.6 is 12.4 Å². The Morgan fingerprint density at radius 2 is 1.62 bits per heavy atom. The highest BCUT2D eigenvalue weighted by Crippen LogP contribution is 2.44. The van der Waals surface area contributed by atoms with Crippen LogP contribution in [-0.2, 0) is 0 Å². The van der Waals surface area contributed by atoms with Gasteiger partial charge in [0.1, 0.15) is 0 Å². The first kappa shape index (κ1) is 16.2. The van der Waals surface area contributed by atoms with Gasteiger partial charge in [0, 0.05) is 18.8 Å². The molecule has 1 spiro atoms. The third kappa shape index (κ3) is 3.34. The number of nitrogen functional groups attached to an aromatic ring is 1. The second kappa shape index (κ2) is 6.69. The minimum Gasteiger partial charge on any atom is -0.398 e. The third-order valence-electron chi connectivity index (χ3n) is 5.22. The van der Waals surface area contributed by atoms with E-state index in [1.54, 1.807) is 6.07 Å². The highest BCUT2D eigenvalue weighted by Gasteiger charge is 2.36. The fourth-order valence-electron chi connectivity index (χ4n) is 3.85. The molecular weight excluding hydrogens is 284 g/mol. The first-order chi connectivity index (χ1) is 9.70. The Morgan fingerprint density at radius 1 is 1.00 bits per heavy atom. The summed E-state index contributed by atoms with van der Waals surface area (Å²) in [5.74, 6) is 0.105. The molecule has 1 aliphatic carbocycles. The summed E-state index contributed by atoms with van der Waals surface area (Å²) in [7, 11) is 0. The molecule has 2 aliphatic rings. The molecule has 0 atom stereocenters. The summed E-state index contributed by atoms with van der Waals surface area (Å²) in [6, 6.07) is 7.40. The molecule has 4 heteroatoms. The maximum Gasteiger partial charge on any atom is 0.255 e. The van der Waals surface area contributed by atoms with Crippen LogP contribution in [0.1, 0.15) is 55.3 Å². The fourth-order valence-corrected chi connectivity index (χ4v) is 3.85. The maximum atomic E-state index is 12.5. The van der Waals surface area contributed by atoms with Gasteiger partial charge in [-0.05, 0) is 43.2 Å². The lowest BCUT2D eigenvalue weighted by molar-refractivity contribution is 0.0473. The summed E-state index contributed by atoms with van der Waals surface area (Å²) in [5.41, 5.74) is 7.71. The van der Waals surface area contributed by atoms with Crippen LogP contribution in [0.4, 0.5) is 5.69 Å².